The van der Waals surface area contributed by atoms with Gasteiger partial charge in [0.05, 0.1) is 17.6 Å². The van der Waals surface area contributed by atoms with Crippen LogP contribution in [0.3, 0.4) is 0 Å². The number of carbonyl (C=O) groups excluding carboxylic acids is 1. The van der Waals surface area contributed by atoms with Gasteiger partial charge in [0.25, 0.3) is 5.91 Å². The molecule has 0 spiro atoms. The number of aryl methyl sites for hydroxylation is 1. The molecular weight excluding hydrogens is 460 g/mol. The van der Waals surface area contributed by atoms with Gasteiger partial charge in [-0.15, -0.1) is 0 Å². The van der Waals surface area contributed by atoms with Crippen LogP contribution < -0.4 is 5.32 Å². The molecule has 4 heterocycles. The second-order valence-electron chi connectivity index (χ2n) is 10.3. The summed E-state index contributed by atoms with van der Waals surface area (Å²) in [4.78, 5) is 25.8. The van der Waals surface area contributed by atoms with Crippen molar-refractivity contribution in [3.63, 3.8) is 0 Å². The fraction of sp³-hybridized carbons (Fsp3) is 0.367. The van der Waals surface area contributed by atoms with E-state index in [0.29, 0.717) is 12.0 Å². The van der Waals surface area contributed by atoms with Gasteiger partial charge in [0.2, 0.25) is 0 Å². The molecule has 1 fully saturated rings. The van der Waals surface area contributed by atoms with Gasteiger partial charge < -0.3 is 14.8 Å². The molecule has 0 unspecified atom stereocenters. The highest BCUT2D eigenvalue weighted by Gasteiger charge is 2.27. The number of nitrogens with zero attached hydrogens (tertiary/aromatic N) is 5. The van der Waals surface area contributed by atoms with E-state index in [4.69, 9.17) is 4.98 Å². The molecule has 37 heavy (non-hydrogen) atoms. The molecule has 2 atom stereocenters. The summed E-state index contributed by atoms with van der Waals surface area (Å²) in [5.74, 6) is 0.565. The summed E-state index contributed by atoms with van der Waals surface area (Å²) in [7, 11) is 7.59. The van der Waals surface area contributed by atoms with Crippen LogP contribution >= 0.6 is 0 Å². The summed E-state index contributed by atoms with van der Waals surface area (Å²) < 4.78 is 2.22. The minimum Gasteiger partial charge on any atom is -0.387 e. The number of hydrogen-bond acceptors (Lipinski definition) is 5. The van der Waals surface area contributed by atoms with Gasteiger partial charge >= 0.3 is 0 Å². The SMILES string of the molecule is CNc1ccc(-c2ccnc3c2cc(CN2CC[C@@H](c4ccc(C(=O)N(C)C)cc4)C[C@H]2C)n3C)nc1. The van der Waals surface area contributed by atoms with Gasteiger partial charge in [-0.3, -0.25) is 14.7 Å². The normalized spacial score (nSPS) is 18.2. The number of piperidine rings is 1. The molecular formula is C30H36N6O. The first-order chi connectivity index (χ1) is 17.9. The van der Waals surface area contributed by atoms with Crippen molar-refractivity contribution in [1.29, 1.82) is 0 Å². The number of pyridine rings is 2. The molecule has 0 aliphatic carbocycles. The Balaban J connectivity index is 1.31. The Hall–Kier alpha value is -3.71. The standard InChI is InChI=1S/C30H36N6O/c1-20-16-23(21-6-8-22(9-7-21)30(37)34(3)4)13-15-36(20)19-25-17-27-26(12-14-32-29(27)35(25)5)28-11-10-24(31-2)18-33-28/h6-12,14,17-18,20,23,31H,13,15-16,19H2,1-5H3/t20-,23-/m1/s1. The Labute approximate surface area is 219 Å². The monoisotopic (exact) mass is 496 g/mol. The fourth-order valence-corrected chi connectivity index (χ4v) is 5.47. The van der Waals surface area contributed by atoms with Gasteiger partial charge in [0, 0.05) is 69.2 Å². The van der Waals surface area contributed by atoms with Crippen LogP contribution in [0.25, 0.3) is 22.3 Å². The molecule has 1 saturated heterocycles. The average Bonchev–Trinajstić information content (AvgIpc) is 3.24. The highest BCUT2D eigenvalue weighted by atomic mass is 16.2. The third kappa shape index (κ3) is 4.96. The maximum atomic E-state index is 12.2. The van der Waals surface area contributed by atoms with E-state index in [2.05, 4.69) is 70.1 Å². The van der Waals surface area contributed by atoms with Crippen LogP contribution in [-0.2, 0) is 13.6 Å². The maximum absolute atomic E-state index is 12.2. The Morgan fingerprint density at radius 3 is 2.54 bits per heavy atom. The molecule has 4 aromatic rings. The topological polar surface area (TPSA) is 66.3 Å². The number of amides is 1. The van der Waals surface area contributed by atoms with Crippen molar-refractivity contribution in [3.8, 4) is 11.3 Å². The van der Waals surface area contributed by atoms with Gasteiger partial charge in [-0.1, -0.05) is 12.1 Å². The predicted octanol–water partition coefficient (Wildman–Crippen LogP) is 5.15. The zero-order valence-electron chi connectivity index (χ0n) is 22.4. The van der Waals surface area contributed by atoms with Crippen molar-refractivity contribution in [2.45, 2.75) is 38.3 Å². The number of rotatable bonds is 6. The lowest BCUT2D eigenvalue weighted by Crippen LogP contribution is -2.39. The van der Waals surface area contributed by atoms with Gasteiger partial charge in [0.15, 0.2) is 0 Å². The zero-order chi connectivity index (χ0) is 26.1. The Morgan fingerprint density at radius 2 is 1.89 bits per heavy atom. The number of hydrogen-bond donors (Lipinski definition) is 1. The Kier molecular flexibility index (Phi) is 6.98. The second kappa shape index (κ2) is 10.3. The third-order valence-corrected chi connectivity index (χ3v) is 7.77. The van der Waals surface area contributed by atoms with Gasteiger partial charge in [-0.05, 0) is 74.2 Å². The Morgan fingerprint density at radius 1 is 1.11 bits per heavy atom. The number of nitrogens with one attached hydrogen (secondary N) is 1. The van der Waals surface area contributed by atoms with E-state index in [0.717, 1.165) is 59.5 Å². The van der Waals surface area contributed by atoms with E-state index < -0.39 is 0 Å². The van der Waals surface area contributed by atoms with E-state index in [1.807, 2.05) is 31.6 Å². The predicted molar refractivity (Wildman–Crippen MR) is 150 cm³/mol. The average molecular weight is 497 g/mol. The van der Waals surface area contributed by atoms with Crippen LogP contribution in [0.5, 0.6) is 0 Å². The van der Waals surface area contributed by atoms with E-state index in [1.165, 1.54) is 11.3 Å². The molecule has 1 aliphatic rings. The van der Waals surface area contributed by atoms with E-state index in [-0.39, 0.29) is 5.91 Å². The Bertz CT molecular complexity index is 1390. The molecule has 1 amide bonds. The molecule has 1 aliphatic heterocycles. The molecule has 0 saturated carbocycles. The van der Waals surface area contributed by atoms with Crippen LogP contribution in [0.1, 0.15) is 47.3 Å². The van der Waals surface area contributed by atoms with Crippen molar-refractivity contribution in [3.05, 3.63) is 77.7 Å². The first kappa shape index (κ1) is 25.0. The minimum atomic E-state index is 0.0492. The van der Waals surface area contributed by atoms with Crippen molar-refractivity contribution in [2.24, 2.45) is 7.05 Å². The number of benzene rings is 1. The maximum Gasteiger partial charge on any atom is 0.253 e. The van der Waals surface area contributed by atoms with E-state index in [9.17, 15) is 4.79 Å². The number of aromatic nitrogens is 3. The molecule has 5 rings (SSSR count). The van der Waals surface area contributed by atoms with Gasteiger partial charge in [-0.2, -0.15) is 0 Å². The lowest BCUT2D eigenvalue weighted by Gasteiger charge is -2.38. The fourth-order valence-electron chi connectivity index (χ4n) is 5.47. The molecule has 192 valence electrons. The molecule has 3 aromatic heterocycles. The number of carbonyl (C=O) groups is 1. The first-order valence-corrected chi connectivity index (χ1v) is 13.0. The number of likely N-dealkylation sites (tertiary alicyclic amines) is 1. The van der Waals surface area contributed by atoms with Crippen LogP contribution in [0, 0.1) is 0 Å². The molecule has 1 aromatic carbocycles. The van der Waals surface area contributed by atoms with Crippen LogP contribution in [0.15, 0.2) is 60.9 Å². The van der Waals surface area contributed by atoms with Crippen molar-refractivity contribution in [2.75, 3.05) is 33.0 Å². The quantitative estimate of drug-likeness (QED) is 0.400. The minimum absolute atomic E-state index is 0.0492. The number of anilines is 1. The summed E-state index contributed by atoms with van der Waals surface area (Å²) in [5, 5.41) is 4.27. The summed E-state index contributed by atoms with van der Waals surface area (Å²) >= 11 is 0. The summed E-state index contributed by atoms with van der Waals surface area (Å²) in [6.45, 7) is 4.26. The lowest BCUT2D eigenvalue weighted by atomic mass is 9.85. The van der Waals surface area contributed by atoms with Crippen molar-refractivity contribution >= 4 is 22.6 Å². The molecule has 7 heteroatoms. The third-order valence-electron chi connectivity index (χ3n) is 7.77. The van der Waals surface area contributed by atoms with Crippen LogP contribution in [-0.4, -0.2) is 64.0 Å². The molecule has 7 nitrogen and oxygen atoms in total. The van der Waals surface area contributed by atoms with Crippen LogP contribution in [0.4, 0.5) is 5.69 Å². The lowest BCUT2D eigenvalue weighted by molar-refractivity contribution is 0.0827. The molecule has 0 radical (unpaired) electrons. The summed E-state index contributed by atoms with van der Waals surface area (Å²) in [6, 6.07) is 17.1. The smallest absolute Gasteiger partial charge is 0.253 e. The molecule has 1 N–H and O–H groups in total. The highest BCUT2D eigenvalue weighted by molar-refractivity contribution is 5.94. The highest BCUT2D eigenvalue weighted by Crippen LogP contribution is 2.34. The van der Waals surface area contributed by atoms with Crippen LogP contribution in [0.2, 0.25) is 0 Å². The van der Waals surface area contributed by atoms with Gasteiger partial charge in [-0.25, -0.2) is 4.98 Å². The van der Waals surface area contributed by atoms with Gasteiger partial charge in [0.1, 0.15) is 5.65 Å². The van der Waals surface area contributed by atoms with Crippen molar-refractivity contribution < 1.29 is 4.79 Å². The first-order valence-electron chi connectivity index (χ1n) is 13.0. The summed E-state index contributed by atoms with van der Waals surface area (Å²) in [6.07, 6.45) is 5.96. The molecule has 0 bridgehead atoms. The van der Waals surface area contributed by atoms with E-state index in [1.54, 1.807) is 19.0 Å². The summed E-state index contributed by atoms with van der Waals surface area (Å²) in [5.41, 5.74) is 7.39. The zero-order valence-corrected chi connectivity index (χ0v) is 22.4. The second-order valence-corrected chi connectivity index (χ2v) is 10.3. The van der Waals surface area contributed by atoms with Crippen molar-refractivity contribution in [1.82, 2.24) is 24.3 Å². The largest absolute Gasteiger partial charge is 0.387 e. The van der Waals surface area contributed by atoms with E-state index >= 15 is 0 Å². The number of fused-ring (bicyclic) bond motifs is 1.